The summed E-state index contributed by atoms with van der Waals surface area (Å²) in [6.07, 6.45) is 1.87. The predicted molar refractivity (Wildman–Crippen MR) is 123 cm³/mol. The number of nitrogens with zero attached hydrogens (tertiary/aromatic N) is 2. The molecule has 1 aliphatic heterocycles. The predicted octanol–water partition coefficient (Wildman–Crippen LogP) is 3.93. The Morgan fingerprint density at radius 2 is 1.69 bits per heavy atom. The molecule has 0 unspecified atom stereocenters. The van der Waals surface area contributed by atoms with E-state index in [0.717, 1.165) is 16.9 Å². The molecule has 0 atom stereocenters. The highest BCUT2D eigenvalue weighted by Gasteiger charge is 2.23. The summed E-state index contributed by atoms with van der Waals surface area (Å²) in [4.78, 5) is 35.1. The van der Waals surface area contributed by atoms with Gasteiger partial charge in [0, 0.05) is 12.1 Å². The van der Waals surface area contributed by atoms with E-state index in [9.17, 15) is 9.59 Å². The Morgan fingerprint density at radius 1 is 0.938 bits per heavy atom. The van der Waals surface area contributed by atoms with Crippen LogP contribution < -0.4 is 10.3 Å². The first-order valence-corrected chi connectivity index (χ1v) is 10.4. The van der Waals surface area contributed by atoms with Gasteiger partial charge in [-0.3, -0.25) is 9.59 Å². The first-order chi connectivity index (χ1) is 15.7. The van der Waals surface area contributed by atoms with Gasteiger partial charge in [0.2, 0.25) is 0 Å². The molecule has 1 aromatic heterocycles. The molecule has 6 nitrogen and oxygen atoms in total. The van der Waals surface area contributed by atoms with Gasteiger partial charge in [-0.2, -0.15) is 0 Å². The summed E-state index contributed by atoms with van der Waals surface area (Å²) in [5, 5.41) is 0.525. The molecular weight excluding hydrogens is 402 g/mol. The fourth-order valence-corrected chi connectivity index (χ4v) is 3.84. The third-order valence-electron chi connectivity index (χ3n) is 5.41. The van der Waals surface area contributed by atoms with Crippen molar-refractivity contribution in [2.75, 3.05) is 6.61 Å². The lowest BCUT2D eigenvalue weighted by Gasteiger charge is -2.26. The van der Waals surface area contributed by atoms with Crippen molar-refractivity contribution < 1.29 is 9.53 Å². The smallest absolute Gasteiger partial charge is 0.258 e. The van der Waals surface area contributed by atoms with Gasteiger partial charge in [-0.25, -0.2) is 4.98 Å². The SMILES string of the molecule is O=C(C1=Cc2ccccc2OC1)N(Cc1ccccc1)Cc1nc2ccccc2c(=O)[nH]1. The highest BCUT2D eigenvalue weighted by molar-refractivity contribution is 5.99. The minimum Gasteiger partial charge on any atom is -0.488 e. The fraction of sp³-hybridized carbons (Fsp3) is 0.115. The first-order valence-electron chi connectivity index (χ1n) is 10.4. The molecule has 0 spiro atoms. The van der Waals surface area contributed by atoms with Gasteiger partial charge in [-0.05, 0) is 29.8 Å². The zero-order chi connectivity index (χ0) is 21.9. The highest BCUT2D eigenvalue weighted by Crippen LogP contribution is 2.27. The second kappa shape index (κ2) is 8.51. The van der Waals surface area contributed by atoms with Crippen molar-refractivity contribution in [1.29, 1.82) is 0 Å². The molecule has 3 aromatic carbocycles. The van der Waals surface area contributed by atoms with Gasteiger partial charge in [-0.15, -0.1) is 0 Å². The number of benzene rings is 3. The van der Waals surface area contributed by atoms with Crippen molar-refractivity contribution in [3.05, 3.63) is 112 Å². The summed E-state index contributed by atoms with van der Waals surface area (Å²) in [7, 11) is 0. The van der Waals surface area contributed by atoms with Gasteiger partial charge < -0.3 is 14.6 Å². The van der Waals surface area contributed by atoms with Crippen molar-refractivity contribution in [2.45, 2.75) is 13.1 Å². The molecule has 0 radical (unpaired) electrons. The van der Waals surface area contributed by atoms with Crippen molar-refractivity contribution >= 4 is 22.9 Å². The van der Waals surface area contributed by atoms with Crippen molar-refractivity contribution in [3.8, 4) is 5.75 Å². The Morgan fingerprint density at radius 3 is 2.56 bits per heavy atom. The highest BCUT2D eigenvalue weighted by atomic mass is 16.5. The van der Waals surface area contributed by atoms with Gasteiger partial charge in [0.05, 0.1) is 23.0 Å². The summed E-state index contributed by atoms with van der Waals surface area (Å²) in [5.41, 5.74) is 2.81. The number of amides is 1. The molecule has 6 heteroatoms. The summed E-state index contributed by atoms with van der Waals surface area (Å²) in [5.74, 6) is 1.05. The minimum atomic E-state index is -0.216. The molecule has 1 N–H and O–H groups in total. The molecule has 1 amide bonds. The number of hydrogen-bond donors (Lipinski definition) is 1. The van der Waals surface area contributed by atoms with Crippen LogP contribution in [0, 0.1) is 0 Å². The van der Waals surface area contributed by atoms with E-state index in [1.165, 1.54) is 0 Å². The summed E-state index contributed by atoms with van der Waals surface area (Å²) >= 11 is 0. The Labute approximate surface area is 184 Å². The van der Waals surface area contributed by atoms with Crippen molar-refractivity contribution in [3.63, 3.8) is 0 Å². The van der Waals surface area contributed by atoms with Gasteiger partial charge in [-0.1, -0.05) is 60.7 Å². The van der Waals surface area contributed by atoms with E-state index in [1.54, 1.807) is 23.1 Å². The van der Waals surface area contributed by atoms with E-state index >= 15 is 0 Å². The van der Waals surface area contributed by atoms with Crippen LogP contribution >= 0.6 is 0 Å². The van der Waals surface area contributed by atoms with Crippen molar-refractivity contribution in [2.24, 2.45) is 0 Å². The maximum Gasteiger partial charge on any atom is 0.258 e. The maximum absolute atomic E-state index is 13.5. The number of H-pyrrole nitrogens is 1. The third kappa shape index (κ3) is 4.03. The zero-order valence-electron chi connectivity index (χ0n) is 17.3. The molecule has 0 fully saturated rings. The zero-order valence-corrected chi connectivity index (χ0v) is 17.3. The average Bonchev–Trinajstić information content (AvgIpc) is 2.83. The van der Waals surface area contributed by atoms with Crippen LogP contribution in [0.1, 0.15) is 17.0 Å². The van der Waals surface area contributed by atoms with E-state index < -0.39 is 0 Å². The maximum atomic E-state index is 13.5. The monoisotopic (exact) mass is 423 g/mol. The van der Waals surface area contributed by atoms with Crippen LogP contribution in [0.3, 0.4) is 0 Å². The number of aromatic amines is 1. The van der Waals surface area contributed by atoms with Crippen molar-refractivity contribution in [1.82, 2.24) is 14.9 Å². The molecule has 2 heterocycles. The van der Waals surface area contributed by atoms with Gasteiger partial charge in [0.1, 0.15) is 18.2 Å². The lowest BCUT2D eigenvalue weighted by molar-refractivity contribution is -0.128. The first kappa shape index (κ1) is 19.8. The lowest BCUT2D eigenvalue weighted by atomic mass is 10.1. The van der Waals surface area contributed by atoms with Crippen LogP contribution in [0.4, 0.5) is 0 Å². The van der Waals surface area contributed by atoms with Crippen LogP contribution in [0.15, 0.2) is 89.2 Å². The number of carbonyl (C=O) groups is 1. The Bertz CT molecular complexity index is 1380. The normalized spacial score (nSPS) is 12.6. The van der Waals surface area contributed by atoms with Crippen LogP contribution in [-0.4, -0.2) is 27.4 Å². The summed E-state index contributed by atoms with van der Waals surface area (Å²) in [6.45, 7) is 0.755. The van der Waals surface area contributed by atoms with Gasteiger partial charge in [0.25, 0.3) is 11.5 Å². The Hall–Kier alpha value is -4.19. The topological polar surface area (TPSA) is 75.3 Å². The molecular formula is C26H21N3O3. The number of rotatable bonds is 5. The van der Waals surface area contributed by atoms with E-state index in [4.69, 9.17) is 4.74 Å². The van der Waals surface area contributed by atoms with Crippen LogP contribution in [0.2, 0.25) is 0 Å². The summed E-state index contributed by atoms with van der Waals surface area (Å²) < 4.78 is 5.80. The number of aromatic nitrogens is 2. The van der Waals surface area contributed by atoms with Crippen LogP contribution in [0.25, 0.3) is 17.0 Å². The van der Waals surface area contributed by atoms with E-state index in [1.807, 2.05) is 66.7 Å². The number of carbonyl (C=O) groups excluding carboxylic acids is 1. The number of fused-ring (bicyclic) bond motifs is 2. The minimum absolute atomic E-state index is 0.154. The Kier molecular flexibility index (Phi) is 5.25. The number of hydrogen-bond acceptors (Lipinski definition) is 4. The van der Waals surface area contributed by atoms with Crippen LogP contribution in [-0.2, 0) is 17.9 Å². The lowest BCUT2D eigenvalue weighted by Crippen LogP contribution is -2.34. The average molecular weight is 423 g/mol. The number of para-hydroxylation sites is 2. The molecule has 158 valence electrons. The molecule has 1 aliphatic rings. The number of ether oxygens (including phenoxy) is 1. The Balaban J connectivity index is 1.49. The quantitative estimate of drug-likeness (QED) is 0.528. The molecule has 0 saturated carbocycles. The van der Waals surface area contributed by atoms with Gasteiger partial charge in [0.15, 0.2) is 0 Å². The van der Waals surface area contributed by atoms with E-state index in [2.05, 4.69) is 9.97 Å². The largest absolute Gasteiger partial charge is 0.488 e. The molecule has 0 aliphatic carbocycles. The molecule has 4 aromatic rings. The molecule has 0 saturated heterocycles. The standard InChI is InChI=1S/C26H21N3O3/c30-25-21-11-5-6-12-22(21)27-24(28-25)16-29(15-18-8-2-1-3-9-18)26(31)20-14-19-10-4-7-13-23(19)32-17-20/h1-14H,15-17H2,(H,27,28,30). The second-order valence-electron chi connectivity index (χ2n) is 7.67. The fourth-order valence-electron chi connectivity index (χ4n) is 3.84. The summed E-state index contributed by atoms with van der Waals surface area (Å²) in [6, 6.07) is 24.6. The molecule has 0 bridgehead atoms. The molecule has 5 rings (SSSR count). The number of nitrogens with one attached hydrogen (secondary N) is 1. The van der Waals surface area contributed by atoms with E-state index in [0.29, 0.717) is 28.8 Å². The van der Waals surface area contributed by atoms with Crippen LogP contribution in [0.5, 0.6) is 5.75 Å². The third-order valence-corrected chi connectivity index (χ3v) is 5.41. The second-order valence-corrected chi connectivity index (χ2v) is 7.67. The molecule has 32 heavy (non-hydrogen) atoms. The van der Waals surface area contributed by atoms with E-state index in [-0.39, 0.29) is 24.6 Å². The van der Waals surface area contributed by atoms with Gasteiger partial charge >= 0.3 is 0 Å².